The van der Waals surface area contributed by atoms with Crippen LogP contribution < -0.4 is 15.1 Å². The van der Waals surface area contributed by atoms with Crippen molar-refractivity contribution in [3.63, 3.8) is 0 Å². The Morgan fingerprint density at radius 3 is 1.55 bits per heavy atom. The second kappa shape index (κ2) is 13.8. The quantitative estimate of drug-likeness (QED) is 0.171. The molecule has 0 saturated heterocycles. The Morgan fingerprint density at radius 1 is 0.684 bits per heavy atom. The molecule has 0 atom stereocenters. The number of aryl methyl sites for hydroxylation is 4. The zero-order chi connectivity index (χ0) is 26.9. The average Bonchev–Trinajstić information content (AvgIpc) is 3.19. The Balaban J connectivity index is 1.43. The van der Waals surface area contributed by atoms with Crippen molar-refractivity contribution in [1.82, 2.24) is 9.13 Å². The Bertz CT molecular complexity index is 1310. The van der Waals surface area contributed by atoms with E-state index in [9.17, 15) is 0 Å². The lowest BCUT2D eigenvalue weighted by atomic mass is 10.1. The first-order valence-electron chi connectivity index (χ1n) is 13.6. The van der Waals surface area contributed by atoms with Gasteiger partial charge in [-0.2, -0.15) is 0 Å². The van der Waals surface area contributed by atoms with Gasteiger partial charge in [-0.1, -0.05) is 61.3 Å². The van der Waals surface area contributed by atoms with E-state index in [1.807, 2.05) is 36.4 Å². The summed E-state index contributed by atoms with van der Waals surface area (Å²) in [4.78, 5) is 0. The van der Waals surface area contributed by atoms with Crippen molar-refractivity contribution < 1.29 is 9.47 Å². The van der Waals surface area contributed by atoms with Crippen LogP contribution in [0.2, 0.25) is 10.0 Å². The molecular weight excluding hydrogens is 517 g/mol. The number of rotatable bonds is 14. The fourth-order valence-electron chi connectivity index (χ4n) is 4.68. The van der Waals surface area contributed by atoms with Crippen LogP contribution in [0.25, 0.3) is 11.0 Å². The van der Waals surface area contributed by atoms with Crippen molar-refractivity contribution in [2.24, 2.45) is 0 Å². The van der Waals surface area contributed by atoms with E-state index in [-0.39, 0.29) is 0 Å². The summed E-state index contributed by atoms with van der Waals surface area (Å²) >= 11 is 12.6. The molecule has 1 heterocycles. The summed E-state index contributed by atoms with van der Waals surface area (Å²) in [5.74, 6) is 1.50. The van der Waals surface area contributed by atoms with Crippen LogP contribution >= 0.6 is 23.2 Å². The van der Waals surface area contributed by atoms with Crippen molar-refractivity contribution >= 4 is 34.2 Å². The van der Waals surface area contributed by atoms with Crippen LogP contribution in [-0.2, 0) is 25.9 Å². The number of aromatic nitrogens is 2. The molecule has 0 bridgehead atoms. The maximum atomic E-state index is 8.97. The van der Waals surface area contributed by atoms with Gasteiger partial charge in [0, 0.05) is 13.1 Å². The lowest BCUT2D eigenvalue weighted by Crippen LogP contribution is -2.25. The van der Waals surface area contributed by atoms with Crippen molar-refractivity contribution in [3.8, 4) is 11.5 Å². The molecule has 7 heteroatoms. The number of halogens is 2. The molecule has 0 aliphatic rings. The van der Waals surface area contributed by atoms with Crippen LogP contribution in [0, 0.1) is 5.41 Å². The van der Waals surface area contributed by atoms with Crippen LogP contribution in [0.1, 0.15) is 50.7 Å². The molecule has 5 nitrogen and oxygen atoms in total. The van der Waals surface area contributed by atoms with Crippen molar-refractivity contribution in [1.29, 1.82) is 5.41 Å². The summed E-state index contributed by atoms with van der Waals surface area (Å²) in [6, 6.07) is 20.4. The Labute approximate surface area is 235 Å². The van der Waals surface area contributed by atoms with Gasteiger partial charge in [0.1, 0.15) is 11.5 Å². The fourth-order valence-corrected chi connectivity index (χ4v) is 5.03. The molecule has 202 valence electrons. The van der Waals surface area contributed by atoms with Crippen LogP contribution in [0.3, 0.4) is 0 Å². The molecule has 0 amide bonds. The number of ether oxygens (including phenoxy) is 2. The van der Waals surface area contributed by atoms with Crippen molar-refractivity contribution in [2.45, 2.75) is 65.5 Å². The second-order valence-corrected chi connectivity index (χ2v) is 10.4. The van der Waals surface area contributed by atoms with E-state index in [4.69, 9.17) is 38.1 Å². The predicted octanol–water partition coefficient (Wildman–Crippen LogP) is 8.07. The molecule has 0 radical (unpaired) electrons. The van der Waals surface area contributed by atoms with Gasteiger partial charge in [-0.15, -0.1) is 0 Å². The predicted molar refractivity (Wildman–Crippen MR) is 157 cm³/mol. The molecule has 1 N–H and O–H groups in total. The molecule has 3 aromatic carbocycles. The normalized spacial score (nSPS) is 11.3. The number of fused-ring (bicyclic) bond motifs is 1. The summed E-state index contributed by atoms with van der Waals surface area (Å²) in [6.45, 7) is 7.03. The Kier molecular flexibility index (Phi) is 10.2. The first-order valence-corrected chi connectivity index (χ1v) is 14.3. The van der Waals surface area contributed by atoms with Gasteiger partial charge in [-0.25, -0.2) is 0 Å². The lowest BCUT2D eigenvalue weighted by molar-refractivity contribution is 0.317. The standard InChI is InChI=1S/C31H37Cl2N3O2/c1-3-19-37-29-21-23(13-15-25(29)32)9-7-17-35-27-11-5-6-12-28(27)36(31(35)34)18-8-10-24-14-16-26(33)30(22-24)38-20-4-2/h5-6,11-16,21-22,34H,3-4,7-10,17-20H2,1-2H3. The van der Waals surface area contributed by atoms with Gasteiger partial charge in [-0.05, 0) is 86.1 Å². The molecule has 1 aromatic heterocycles. The third-order valence-electron chi connectivity index (χ3n) is 6.58. The highest BCUT2D eigenvalue weighted by molar-refractivity contribution is 6.32. The third kappa shape index (κ3) is 6.95. The van der Waals surface area contributed by atoms with Gasteiger partial charge in [0.15, 0.2) is 0 Å². The third-order valence-corrected chi connectivity index (χ3v) is 7.21. The summed E-state index contributed by atoms with van der Waals surface area (Å²) in [5.41, 5.74) is 5.13. The number of hydrogen-bond acceptors (Lipinski definition) is 3. The number of hydrogen-bond donors (Lipinski definition) is 1. The van der Waals surface area contributed by atoms with E-state index < -0.39 is 0 Å². The molecule has 0 fully saturated rings. The zero-order valence-electron chi connectivity index (χ0n) is 22.3. The first-order chi connectivity index (χ1) is 18.5. The molecule has 0 saturated carbocycles. The van der Waals surface area contributed by atoms with E-state index >= 15 is 0 Å². The number of para-hydroxylation sites is 2. The van der Waals surface area contributed by atoms with Gasteiger partial charge in [-0.3, -0.25) is 5.41 Å². The molecular formula is C31H37Cl2N3O2. The molecule has 0 spiro atoms. The molecule has 0 aliphatic carbocycles. The Hall–Kier alpha value is -2.89. The Morgan fingerprint density at radius 2 is 1.13 bits per heavy atom. The summed E-state index contributed by atoms with van der Waals surface area (Å²) < 4.78 is 15.8. The maximum absolute atomic E-state index is 8.97. The minimum atomic E-state index is 0.539. The molecule has 38 heavy (non-hydrogen) atoms. The zero-order valence-corrected chi connectivity index (χ0v) is 23.8. The minimum absolute atomic E-state index is 0.539. The van der Waals surface area contributed by atoms with E-state index in [0.717, 1.165) is 74.1 Å². The van der Waals surface area contributed by atoms with Crippen molar-refractivity contribution in [2.75, 3.05) is 13.2 Å². The van der Waals surface area contributed by atoms with Crippen molar-refractivity contribution in [3.05, 3.63) is 87.5 Å². The molecule has 4 rings (SSSR count). The second-order valence-electron chi connectivity index (χ2n) is 9.55. The minimum Gasteiger partial charge on any atom is -0.492 e. The van der Waals surface area contributed by atoms with E-state index in [1.54, 1.807) is 0 Å². The smallest absolute Gasteiger partial charge is 0.202 e. The number of nitrogens with zero attached hydrogens (tertiary/aromatic N) is 2. The fraction of sp³-hybridized carbons (Fsp3) is 0.387. The monoisotopic (exact) mass is 553 g/mol. The topological polar surface area (TPSA) is 52.2 Å². The van der Waals surface area contributed by atoms with E-state index in [1.165, 1.54) is 11.1 Å². The van der Waals surface area contributed by atoms with Gasteiger partial charge in [0.2, 0.25) is 5.62 Å². The van der Waals surface area contributed by atoms with Crippen LogP contribution in [0.4, 0.5) is 0 Å². The average molecular weight is 555 g/mol. The largest absolute Gasteiger partial charge is 0.492 e. The molecule has 4 aromatic rings. The van der Waals surface area contributed by atoms with E-state index in [2.05, 4.69) is 47.2 Å². The SMILES string of the molecule is CCCOc1cc(CCCn2c(=N)n(CCCc3ccc(Cl)c(OCCC)c3)c3ccccc32)ccc1Cl. The highest BCUT2D eigenvalue weighted by Gasteiger charge is 2.11. The summed E-state index contributed by atoms with van der Waals surface area (Å²) in [5, 5.41) is 10.3. The van der Waals surface area contributed by atoms with Gasteiger partial charge in [0.05, 0.1) is 34.3 Å². The number of nitrogens with one attached hydrogen (secondary N) is 1. The lowest BCUT2D eigenvalue weighted by Gasteiger charge is -2.10. The molecule has 0 aliphatic heterocycles. The highest BCUT2D eigenvalue weighted by atomic mass is 35.5. The van der Waals surface area contributed by atoms with Gasteiger partial charge >= 0.3 is 0 Å². The van der Waals surface area contributed by atoms with Gasteiger partial charge < -0.3 is 18.6 Å². The van der Waals surface area contributed by atoms with Crippen LogP contribution in [0.5, 0.6) is 11.5 Å². The maximum Gasteiger partial charge on any atom is 0.202 e. The summed E-state index contributed by atoms with van der Waals surface area (Å²) in [7, 11) is 0. The number of imidazole rings is 1. The first kappa shape index (κ1) is 28.1. The van der Waals surface area contributed by atoms with Crippen LogP contribution in [0.15, 0.2) is 60.7 Å². The highest BCUT2D eigenvalue weighted by Crippen LogP contribution is 2.27. The van der Waals surface area contributed by atoms with Gasteiger partial charge in [0.25, 0.3) is 0 Å². The van der Waals surface area contributed by atoms with Crippen LogP contribution in [-0.4, -0.2) is 22.3 Å². The number of benzene rings is 3. The summed E-state index contributed by atoms with van der Waals surface area (Å²) in [6.07, 6.45) is 5.52. The van der Waals surface area contributed by atoms with E-state index in [0.29, 0.717) is 28.9 Å². The molecule has 0 unspecified atom stereocenters.